The first-order chi connectivity index (χ1) is 7.75. The maximum absolute atomic E-state index is 9.96. The van der Waals surface area contributed by atoms with Crippen molar-refractivity contribution in [3.8, 4) is 0 Å². The van der Waals surface area contributed by atoms with E-state index in [1.165, 1.54) is 19.2 Å². The Balaban J connectivity index is 2.02. The number of aliphatic hydroxyl groups is 1. The van der Waals surface area contributed by atoms with E-state index in [9.17, 15) is 5.11 Å². The Kier molecular flexibility index (Phi) is 4.12. The van der Waals surface area contributed by atoms with E-state index in [1.54, 1.807) is 0 Å². The molecular formula is C11H16BrN3O. The van der Waals surface area contributed by atoms with Crippen molar-refractivity contribution in [1.29, 1.82) is 0 Å². The lowest BCUT2D eigenvalue weighted by Gasteiger charge is -2.22. The zero-order valence-corrected chi connectivity index (χ0v) is 10.7. The Labute approximate surface area is 104 Å². The molecule has 2 unspecified atom stereocenters. The van der Waals surface area contributed by atoms with E-state index in [2.05, 4.69) is 31.2 Å². The fourth-order valence-corrected chi connectivity index (χ4v) is 2.37. The number of rotatable bonds is 2. The molecule has 0 aliphatic heterocycles. The van der Waals surface area contributed by atoms with Crippen LogP contribution in [0.4, 0.5) is 5.82 Å². The van der Waals surface area contributed by atoms with Gasteiger partial charge in [-0.2, -0.15) is 0 Å². The molecular weight excluding hydrogens is 270 g/mol. The van der Waals surface area contributed by atoms with Gasteiger partial charge in [-0.1, -0.05) is 19.3 Å². The molecule has 4 nitrogen and oxygen atoms in total. The molecule has 1 aliphatic rings. The van der Waals surface area contributed by atoms with Crippen molar-refractivity contribution in [3.63, 3.8) is 0 Å². The van der Waals surface area contributed by atoms with Crippen molar-refractivity contribution >= 4 is 21.7 Å². The Bertz CT molecular complexity index is 348. The summed E-state index contributed by atoms with van der Waals surface area (Å²) in [6, 6.07) is 1.95. The predicted molar refractivity (Wildman–Crippen MR) is 66.2 cm³/mol. The zero-order valence-electron chi connectivity index (χ0n) is 9.06. The number of halogens is 1. The van der Waals surface area contributed by atoms with Gasteiger partial charge in [0, 0.05) is 6.07 Å². The molecule has 1 fully saturated rings. The van der Waals surface area contributed by atoms with Crippen LogP contribution in [0.1, 0.15) is 32.1 Å². The lowest BCUT2D eigenvalue weighted by Crippen LogP contribution is -2.32. The van der Waals surface area contributed by atoms with Gasteiger partial charge in [0.1, 0.15) is 16.7 Å². The Morgan fingerprint density at radius 2 is 2.06 bits per heavy atom. The molecule has 1 heterocycles. The van der Waals surface area contributed by atoms with E-state index in [4.69, 9.17) is 0 Å². The van der Waals surface area contributed by atoms with Crippen molar-refractivity contribution in [2.24, 2.45) is 0 Å². The van der Waals surface area contributed by atoms with Gasteiger partial charge in [0.2, 0.25) is 0 Å². The van der Waals surface area contributed by atoms with E-state index < -0.39 is 0 Å². The SMILES string of the molecule is OC1CCCCCC1Nc1cc(Br)ncn1. The molecule has 88 valence electrons. The molecule has 5 heteroatoms. The van der Waals surface area contributed by atoms with Gasteiger partial charge in [-0.15, -0.1) is 0 Å². The minimum atomic E-state index is -0.267. The van der Waals surface area contributed by atoms with Crippen LogP contribution < -0.4 is 5.32 Å². The Morgan fingerprint density at radius 1 is 1.25 bits per heavy atom. The zero-order chi connectivity index (χ0) is 11.4. The number of hydrogen-bond donors (Lipinski definition) is 2. The lowest BCUT2D eigenvalue weighted by molar-refractivity contribution is 0.144. The molecule has 1 saturated carbocycles. The maximum atomic E-state index is 9.96. The van der Waals surface area contributed by atoms with Gasteiger partial charge < -0.3 is 10.4 Å². The van der Waals surface area contributed by atoms with Crippen LogP contribution in [0.2, 0.25) is 0 Å². The molecule has 2 N–H and O–H groups in total. The molecule has 0 radical (unpaired) electrons. The number of aliphatic hydroxyl groups excluding tert-OH is 1. The molecule has 1 aliphatic carbocycles. The van der Waals surface area contributed by atoms with E-state index >= 15 is 0 Å². The molecule has 1 aromatic heterocycles. The highest BCUT2D eigenvalue weighted by Gasteiger charge is 2.21. The highest BCUT2D eigenvalue weighted by Crippen LogP contribution is 2.21. The quantitative estimate of drug-likeness (QED) is 0.647. The Hall–Kier alpha value is -0.680. The second-order valence-electron chi connectivity index (χ2n) is 4.18. The van der Waals surface area contributed by atoms with E-state index in [0.717, 1.165) is 29.7 Å². The van der Waals surface area contributed by atoms with Crippen LogP contribution in [0.15, 0.2) is 17.0 Å². The lowest BCUT2D eigenvalue weighted by atomic mass is 10.1. The topological polar surface area (TPSA) is 58.0 Å². The molecule has 0 aromatic carbocycles. The highest BCUT2D eigenvalue weighted by molar-refractivity contribution is 9.10. The van der Waals surface area contributed by atoms with Crippen LogP contribution in [0.25, 0.3) is 0 Å². The number of nitrogens with zero attached hydrogens (tertiary/aromatic N) is 2. The number of hydrogen-bond acceptors (Lipinski definition) is 4. The summed E-state index contributed by atoms with van der Waals surface area (Å²) in [4.78, 5) is 8.11. The average Bonchev–Trinajstić information content (AvgIpc) is 2.45. The molecule has 2 atom stereocenters. The summed E-state index contributed by atoms with van der Waals surface area (Å²) in [6.07, 6.45) is 6.62. The van der Waals surface area contributed by atoms with E-state index in [-0.39, 0.29) is 12.1 Å². The number of nitrogens with one attached hydrogen (secondary N) is 1. The second-order valence-corrected chi connectivity index (χ2v) is 4.99. The van der Waals surface area contributed by atoms with E-state index in [1.807, 2.05) is 6.07 Å². The minimum Gasteiger partial charge on any atom is -0.391 e. The van der Waals surface area contributed by atoms with Crippen LogP contribution >= 0.6 is 15.9 Å². The predicted octanol–water partition coefficient (Wildman–Crippen LogP) is 2.34. The minimum absolute atomic E-state index is 0.115. The summed E-state index contributed by atoms with van der Waals surface area (Å²) in [5.74, 6) is 0.771. The van der Waals surface area contributed by atoms with Crippen LogP contribution in [0.5, 0.6) is 0 Å². The average molecular weight is 286 g/mol. The summed E-state index contributed by atoms with van der Waals surface area (Å²) in [6.45, 7) is 0. The third kappa shape index (κ3) is 3.15. The van der Waals surface area contributed by atoms with Gasteiger partial charge in [-0.25, -0.2) is 9.97 Å². The highest BCUT2D eigenvalue weighted by atomic mass is 79.9. The first kappa shape index (κ1) is 11.8. The largest absolute Gasteiger partial charge is 0.391 e. The standard InChI is InChI=1S/C11H16BrN3O/c12-10-6-11(14-7-13-10)15-8-4-2-1-3-5-9(8)16/h6-9,16H,1-5H2,(H,13,14,15). The van der Waals surface area contributed by atoms with Crippen molar-refractivity contribution in [1.82, 2.24) is 9.97 Å². The summed E-state index contributed by atoms with van der Waals surface area (Å²) in [5, 5.41) is 13.2. The first-order valence-electron chi connectivity index (χ1n) is 5.68. The third-order valence-corrected chi connectivity index (χ3v) is 3.38. The normalized spacial score (nSPS) is 26.1. The fourth-order valence-electron chi connectivity index (χ4n) is 2.06. The van der Waals surface area contributed by atoms with Crippen molar-refractivity contribution < 1.29 is 5.11 Å². The first-order valence-corrected chi connectivity index (χ1v) is 6.47. The molecule has 0 amide bonds. The molecule has 0 bridgehead atoms. The van der Waals surface area contributed by atoms with Gasteiger partial charge in [-0.3, -0.25) is 0 Å². The molecule has 2 rings (SSSR count). The summed E-state index contributed by atoms with van der Waals surface area (Å²) in [5.41, 5.74) is 0. The Morgan fingerprint density at radius 3 is 2.88 bits per heavy atom. The van der Waals surface area contributed by atoms with Gasteiger partial charge in [0.25, 0.3) is 0 Å². The van der Waals surface area contributed by atoms with Crippen LogP contribution in [0.3, 0.4) is 0 Å². The van der Waals surface area contributed by atoms with E-state index in [0.29, 0.717) is 0 Å². The van der Waals surface area contributed by atoms with Crippen LogP contribution in [-0.4, -0.2) is 27.2 Å². The van der Waals surface area contributed by atoms with Crippen molar-refractivity contribution in [2.45, 2.75) is 44.2 Å². The summed E-state index contributed by atoms with van der Waals surface area (Å²) < 4.78 is 0.758. The molecule has 0 saturated heterocycles. The van der Waals surface area contributed by atoms with Gasteiger partial charge in [-0.05, 0) is 28.8 Å². The van der Waals surface area contributed by atoms with Crippen LogP contribution in [0, 0.1) is 0 Å². The molecule has 1 aromatic rings. The molecule has 16 heavy (non-hydrogen) atoms. The fraction of sp³-hybridized carbons (Fsp3) is 0.636. The number of anilines is 1. The summed E-state index contributed by atoms with van der Waals surface area (Å²) >= 11 is 3.30. The second kappa shape index (κ2) is 5.59. The maximum Gasteiger partial charge on any atom is 0.130 e. The van der Waals surface area contributed by atoms with Gasteiger partial charge in [0.15, 0.2) is 0 Å². The van der Waals surface area contributed by atoms with Gasteiger partial charge in [0.05, 0.1) is 12.1 Å². The summed E-state index contributed by atoms with van der Waals surface area (Å²) in [7, 11) is 0. The smallest absolute Gasteiger partial charge is 0.130 e. The third-order valence-electron chi connectivity index (χ3n) is 2.95. The monoisotopic (exact) mass is 285 g/mol. The van der Waals surface area contributed by atoms with Crippen molar-refractivity contribution in [3.05, 3.63) is 17.0 Å². The van der Waals surface area contributed by atoms with Crippen LogP contribution in [-0.2, 0) is 0 Å². The molecule has 0 spiro atoms. The van der Waals surface area contributed by atoms with Gasteiger partial charge >= 0.3 is 0 Å². The number of aromatic nitrogens is 2. The van der Waals surface area contributed by atoms with Crippen molar-refractivity contribution in [2.75, 3.05) is 5.32 Å².